The fourth-order valence-electron chi connectivity index (χ4n) is 2.02. The third-order valence-corrected chi connectivity index (χ3v) is 5.66. The quantitative estimate of drug-likeness (QED) is 0.582. The highest BCUT2D eigenvalue weighted by atomic mass is 79.9. The normalized spacial score (nSPS) is 10.7. The van der Waals surface area contributed by atoms with Crippen LogP contribution in [-0.4, -0.2) is 15.1 Å². The fraction of sp³-hybridized carbons (Fsp3) is 0.200. The molecule has 3 heterocycles. The number of pyridine rings is 1. The summed E-state index contributed by atoms with van der Waals surface area (Å²) in [6, 6.07) is 6.06. The molecule has 0 spiro atoms. The average Bonchev–Trinajstić information content (AvgIpc) is 3.13. The minimum Gasteiger partial charge on any atom is -0.338 e. The Bertz CT molecular complexity index is 897. The molecule has 0 saturated carbocycles. The van der Waals surface area contributed by atoms with Crippen LogP contribution >= 0.6 is 39.0 Å². The van der Waals surface area contributed by atoms with E-state index in [0.29, 0.717) is 28.1 Å². The first-order valence-electron chi connectivity index (χ1n) is 6.65. The number of aromatic nitrogens is 3. The number of nitriles is 1. The molecular formula is C15H11BrN4OS2. The van der Waals surface area contributed by atoms with E-state index in [1.54, 1.807) is 11.3 Å². The summed E-state index contributed by atoms with van der Waals surface area (Å²) in [5.41, 5.74) is 2.42. The first kappa shape index (κ1) is 16.2. The van der Waals surface area contributed by atoms with Gasteiger partial charge in [0.25, 0.3) is 0 Å². The predicted molar refractivity (Wildman–Crippen MR) is 93.3 cm³/mol. The van der Waals surface area contributed by atoms with E-state index < -0.39 is 0 Å². The maximum Gasteiger partial charge on any atom is 0.237 e. The van der Waals surface area contributed by atoms with Gasteiger partial charge < -0.3 is 4.52 Å². The zero-order valence-electron chi connectivity index (χ0n) is 12.3. The van der Waals surface area contributed by atoms with E-state index in [1.807, 2.05) is 31.4 Å². The second-order valence-corrected chi connectivity index (χ2v) is 7.59. The lowest BCUT2D eigenvalue weighted by atomic mass is 10.1. The van der Waals surface area contributed by atoms with E-state index in [-0.39, 0.29) is 0 Å². The van der Waals surface area contributed by atoms with Crippen molar-refractivity contribution in [3.05, 3.63) is 44.7 Å². The van der Waals surface area contributed by atoms with E-state index in [9.17, 15) is 5.26 Å². The highest BCUT2D eigenvalue weighted by molar-refractivity contribution is 9.10. The zero-order chi connectivity index (χ0) is 16.4. The van der Waals surface area contributed by atoms with Crippen LogP contribution < -0.4 is 0 Å². The van der Waals surface area contributed by atoms with Crippen LogP contribution in [0.4, 0.5) is 0 Å². The lowest BCUT2D eigenvalue weighted by Crippen LogP contribution is -1.94. The average molecular weight is 407 g/mol. The van der Waals surface area contributed by atoms with Crippen molar-refractivity contribution in [3.8, 4) is 16.8 Å². The smallest absolute Gasteiger partial charge is 0.237 e. The Morgan fingerprint density at radius 3 is 2.87 bits per heavy atom. The molecule has 0 N–H and O–H groups in total. The van der Waals surface area contributed by atoms with Crippen LogP contribution in [0.15, 0.2) is 31.5 Å². The van der Waals surface area contributed by atoms with Gasteiger partial charge in [0, 0.05) is 15.5 Å². The number of thiophene rings is 1. The number of halogens is 1. The van der Waals surface area contributed by atoms with Gasteiger partial charge in [-0.25, -0.2) is 4.98 Å². The number of rotatable bonds is 4. The van der Waals surface area contributed by atoms with Crippen LogP contribution in [0.2, 0.25) is 0 Å². The molecule has 3 rings (SSSR count). The Hall–Kier alpha value is -1.69. The minimum absolute atomic E-state index is 0.476. The van der Waals surface area contributed by atoms with E-state index in [4.69, 9.17) is 4.52 Å². The van der Waals surface area contributed by atoms with Crippen LogP contribution in [0.1, 0.15) is 22.7 Å². The van der Waals surface area contributed by atoms with Crippen LogP contribution in [0.5, 0.6) is 0 Å². The molecule has 0 fully saturated rings. The molecule has 116 valence electrons. The second kappa shape index (κ2) is 6.83. The summed E-state index contributed by atoms with van der Waals surface area (Å²) >= 11 is 6.39. The van der Waals surface area contributed by atoms with Gasteiger partial charge in [-0.2, -0.15) is 10.2 Å². The van der Waals surface area contributed by atoms with Gasteiger partial charge in [-0.3, -0.25) is 0 Å². The molecule has 0 bridgehead atoms. The fourth-order valence-corrected chi connectivity index (χ4v) is 4.31. The highest BCUT2D eigenvalue weighted by Gasteiger charge is 2.14. The van der Waals surface area contributed by atoms with Gasteiger partial charge in [0.1, 0.15) is 11.1 Å². The molecule has 0 saturated heterocycles. The molecule has 0 aromatic carbocycles. The lowest BCUT2D eigenvalue weighted by Gasteiger charge is -2.05. The first-order valence-corrected chi connectivity index (χ1v) is 9.31. The SMILES string of the molecule is Cc1cc(C)c(C#N)c(SCc2nc(-c3cc(Br)cs3)no2)n1. The van der Waals surface area contributed by atoms with Gasteiger partial charge in [-0.05, 0) is 47.5 Å². The minimum atomic E-state index is 0.476. The van der Waals surface area contributed by atoms with Crippen molar-refractivity contribution < 1.29 is 4.52 Å². The molecule has 0 amide bonds. The summed E-state index contributed by atoms with van der Waals surface area (Å²) in [5.74, 6) is 1.56. The van der Waals surface area contributed by atoms with E-state index >= 15 is 0 Å². The molecule has 0 aliphatic rings. The summed E-state index contributed by atoms with van der Waals surface area (Å²) in [6.07, 6.45) is 0. The number of nitrogens with zero attached hydrogens (tertiary/aromatic N) is 4. The first-order chi connectivity index (χ1) is 11.1. The molecule has 0 aliphatic heterocycles. The Kier molecular flexibility index (Phi) is 4.80. The van der Waals surface area contributed by atoms with Crippen molar-refractivity contribution in [1.82, 2.24) is 15.1 Å². The second-order valence-electron chi connectivity index (χ2n) is 4.80. The van der Waals surface area contributed by atoms with Gasteiger partial charge in [-0.15, -0.1) is 11.3 Å². The third-order valence-electron chi connectivity index (χ3n) is 3.01. The molecule has 3 aromatic heterocycles. The monoisotopic (exact) mass is 406 g/mol. The zero-order valence-corrected chi connectivity index (χ0v) is 15.5. The summed E-state index contributed by atoms with van der Waals surface area (Å²) in [4.78, 5) is 9.77. The number of hydrogen-bond acceptors (Lipinski definition) is 7. The molecule has 0 unspecified atom stereocenters. The van der Waals surface area contributed by atoms with E-state index in [1.165, 1.54) is 11.8 Å². The highest BCUT2D eigenvalue weighted by Crippen LogP contribution is 2.30. The van der Waals surface area contributed by atoms with Gasteiger partial charge in [-0.1, -0.05) is 16.9 Å². The van der Waals surface area contributed by atoms with Crippen molar-refractivity contribution in [2.24, 2.45) is 0 Å². The number of aryl methyl sites for hydroxylation is 2. The lowest BCUT2D eigenvalue weighted by molar-refractivity contribution is 0.392. The number of hydrogen-bond donors (Lipinski definition) is 0. The summed E-state index contributed by atoms with van der Waals surface area (Å²) in [5, 5.41) is 15.9. The van der Waals surface area contributed by atoms with E-state index in [2.05, 4.69) is 37.1 Å². The molecule has 23 heavy (non-hydrogen) atoms. The Morgan fingerprint density at radius 1 is 1.35 bits per heavy atom. The van der Waals surface area contributed by atoms with Crippen molar-refractivity contribution in [3.63, 3.8) is 0 Å². The molecule has 3 aromatic rings. The molecule has 5 nitrogen and oxygen atoms in total. The van der Waals surface area contributed by atoms with Crippen LogP contribution in [0, 0.1) is 25.2 Å². The molecular weight excluding hydrogens is 396 g/mol. The van der Waals surface area contributed by atoms with Crippen molar-refractivity contribution in [2.45, 2.75) is 24.6 Å². The maximum absolute atomic E-state index is 9.28. The molecule has 0 aliphatic carbocycles. The summed E-state index contributed by atoms with van der Waals surface area (Å²) in [7, 11) is 0. The van der Waals surface area contributed by atoms with Crippen molar-refractivity contribution in [2.75, 3.05) is 0 Å². The molecule has 8 heteroatoms. The third kappa shape index (κ3) is 3.63. The summed E-state index contributed by atoms with van der Waals surface area (Å²) < 4.78 is 6.28. The number of thioether (sulfide) groups is 1. The van der Waals surface area contributed by atoms with Crippen LogP contribution in [0.25, 0.3) is 10.7 Å². The van der Waals surface area contributed by atoms with Gasteiger partial charge in [0.05, 0.1) is 16.2 Å². The Balaban J connectivity index is 1.77. The van der Waals surface area contributed by atoms with Crippen molar-refractivity contribution >= 4 is 39.0 Å². The van der Waals surface area contributed by atoms with Crippen molar-refractivity contribution in [1.29, 1.82) is 5.26 Å². The van der Waals surface area contributed by atoms with E-state index in [0.717, 1.165) is 20.6 Å². The topological polar surface area (TPSA) is 75.6 Å². The predicted octanol–water partition coefficient (Wildman–Crippen LogP) is 4.74. The maximum atomic E-state index is 9.28. The Labute approximate surface area is 149 Å². The van der Waals surface area contributed by atoms with Gasteiger partial charge in [0.2, 0.25) is 11.7 Å². The van der Waals surface area contributed by atoms with Gasteiger partial charge >= 0.3 is 0 Å². The standard InChI is InChI=1S/C15H11BrN4OS2/c1-8-3-9(2)18-15(11(8)5-17)23-7-13-19-14(20-21-13)12-4-10(16)6-22-12/h3-4,6H,7H2,1-2H3. The molecule has 0 radical (unpaired) electrons. The summed E-state index contributed by atoms with van der Waals surface area (Å²) in [6.45, 7) is 3.83. The van der Waals surface area contributed by atoms with Crippen LogP contribution in [-0.2, 0) is 5.75 Å². The van der Waals surface area contributed by atoms with Gasteiger partial charge in [0.15, 0.2) is 0 Å². The Morgan fingerprint density at radius 2 is 2.17 bits per heavy atom. The molecule has 0 atom stereocenters. The largest absolute Gasteiger partial charge is 0.338 e. The van der Waals surface area contributed by atoms with Crippen LogP contribution in [0.3, 0.4) is 0 Å².